The third kappa shape index (κ3) is 4.74. The zero-order valence-electron chi connectivity index (χ0n) is 17.5. The summed E-state index contributed by atoms with van der Waals surface area (Å²) in [5, 5.41) is 12.7. The lowest BCUT2D eigenvalue weighted by Crippen LogP contribution is -2.10. The van der Waals surface area contributed by atoms with Gasteiger partial charge in [0.05, 0.1) is 5.69 Å². The summed E-state index contributed by atoms with van der Waals surface area (Å²) >= 11 is 3.31. The van der Waals surface area contributed by atoms with Crippen molar-refractivity contribution in [1.82, 2.24) is 19.7 Å². The highest BCUT2D eigenvalue weighted by molar-refractivity contribution is 7.98. The van der Waals surface area contributed by atoms with Crippen molar-refractivity contribution in [3.05, 3.63) is 76.6 Å². The Morgan fingerprint density at radius 1 is 1.07 bits per heavy atom. The first-order chi connectivity index (χ1) is 14.5. The van der Waals surface area contributed by atoms with E-state index in [0.717, 1.165) is 33.2 Å². The second kappa shape index (κ2) is 9.02. The minimum Gasteiger partial charge on any atom is -0.483 e. The first-order valence-corrected chi connectivity index (χ1v) is 11.6. The average molecular weight is 437 g/mol. The van der Waals surface area contributed by atoms with E-state index in [4.69, 9.17) is 9.72 Å². The van der Waals surface area contributed by atoms with Gasteiger partial charge in [0.25, 0.3) is 0 Å². The number of nitrogens with zero attached hydrogens (tertiary/aromatic N) is 4. The Morgan fingerprint density at radius 3 is 2.60 bits per heavy atom. The fourth-order valence-electron chi connectivity index (χ4n) is 3.17. The van der Waals surface area contributed by atoms with Crippen LogP contribution >= 0.6 is 23.1 Å². The number of hydrogen-bond acceptors (Lipinski definition) is 6. The van der Waals surface area contributed by atoms with Gasteiger partial charge in [-0.1, -0.05) is 47.7 Å². The molecule has 2 aromatic heterocycles. The van der Waals surface area contributed by atoms with Gasteiger partial charge in [-0.3, -0.25) is 0 Å². The molecule has 0 aliphatic rings. The summed E-state index contributed by atoms with van der Waals surface area (Å²) in [4.78, 5) is 4.79. The first kappa shape index (κ1) is 20.6. The highest BCUT2D eigenvalue weighted by atomic mass is 32.2. The standard InChI is InChI=1S/C23H24N4OS2/c1-15-7-5-9-18(11-15)22-24-19(13-29-22)14-30-23-26-25-21(27(23)4)17(3)28-20-10-6-8-16(2)12-20/h5-13,17H,14H2,1-4H3. The molecule has 0 aliphatic carbocycles. The first-order valence-electron chi connectivity index (χ1n) is 9.76. The summed E-state index contributed by atoms with van der Waals surface area (Å²) < 4.78 is 8.06. The van der Waals surface area contributed by atoms with Crippen LogP contribution in [0.25, 0.3) is 10.6 Å². The lowest BCUT2D eigenvalue weighted by Gasteiger charge is -2.14. The Morgan fingerprint density at radius 2 is 1.83 bits per heavy atom. The van der Waals surface area contributed by atoms with E-state index in [-0.39, 0.29) is 6.10 Å². The molecule has 0 spiro atoms. The Balaban J connectivity index is 1.41. The molecule has 0 saturated carbocycles. The summed E-state index contributed by atoms with van der Waals surface area (Å²) in [6, 6.07) is 16.5. The van der Waals surface area contributed by atoms with Gasteiger partial charge >= 0.3 is 0 Å². The zero-order valence-corrected chi connectivity index (χ0v) is 19.1. The highest BCUT2D eigenvalue weighted by Gasteiger charge is 2.18. The van der Waals surface area contributed by atoms with E-state index in [2.05, 4.69) is 59.8 Å². The van der Waals surface area contributed by atoms with Crippen molar-refractivity contribution in [2.75, 3.05) is 0 Å². The van der Waals surface area contributed by atoms with Crippen molar-refractivity contribution >= 4 is 23.1 Å². The second-order valence-corrected chi connectivity index (χ2v) is 9.08. The average Bonchev–Trinajstić information content (AvgIpc) is 3.33. The van der Waals surface area contributed by atoms with Crippen LogP contribution in [0.5, 0.6) is 5.75 Å². The van der Waals surface area contributed by atoms with Gasteiger partial charge in [-0.25, -0.2) is 4.98 Å². The second-order valence-electron chi connectivity index (χ2n) is 7.28. The van der Waals surface area contributed by atoms with Crippen LogP contribution in [0.15, 0.2) is 59.1 Å². The molecule has 1 unspecified atom stereocenters. The highest BCUT2D eigenvalue weighted by Crippen LogP contribution is 2.29. The van der Waals surface area contributed by atoms with Gasteiger partial charge in [0.15, 0.2) is 17.1 Å². The Hall–Kier alpha value is -2.64. The SMILES string of the molecule is Cc1cccc(OC(C)c2nnc(SCc3csc(-c4cccc(C)c4)n3)n2C)c1. The zero-order chi connectivity index (χ0) is 21.1. The Bertz CT molecular complexity index is 1150. The lowest BCUT2D eigenvalue weighted by atomic mass is 10.1. The summed E-state index contributed by atoms with van der Waals surface area (Å²) in [5.74, 6) is 2.39. The fraction of sp³-hybridized carbons (Fsp3) is 0.261. The van der Waals surface area contributed by atoms with Crippen LogP contribution < -0.4 is 4.74 Å². The summed E-state index contributed by atoms with van der Waals surface area (Å²) in [6.45, 7) is 6.15. The van der Waals surface area contributed by atoms with Crippen LogP contribution in [-0.2, 0) is 12.8 Å². The molecule has 7 heteroatoms. The third-order valence-electron chi connectivity index (χ3n) is 4.70. The van der Waals surface area contributed by atoms with Crippen LogP contribution in [-0.4, -0.2) is 19.7 Å². The number of aromatic nitrogens is 4. The van der Waals surface area contributed by atoms with Crippen LogP contribution in [0.2, 0.25) is 0 Å². The monoisotopic (exact) mass is 436 g/mol. The topological polar surface area (TPSA) is 52.8 Å². The van der Waals surface area contributed by atoms with Gasteiger partial charge in [0.1, 0.15) is 10.8 Å². The molecule has 30 heavy (non-hydrogen) atoms. The van der Waals surface area contributed by atoms with E-state index in [1.165, 1.54) is 16.7 Å². The third-order valence-corrected chi connectivity index (χ3v) is 6.69. The van der Waals surface area contributed by atoms with E-state index >= 15 is 0 Å². The molecule has 0 amide bonds. The van der Waals surface area contributed by atoms with Gasteiger partial charge in [-0.05, 0) is 44.5 Å². The van der Waals surface area contributed by atoms with Crippen molar-refractivity contribution in [2.45, 2.75) is 37.8 Å². The van der Waals surface area contributed by atoms with Crippen molar-refractivity contribution in [2.24, 2.45) is 7.05 Å². The molecule has 2 heterocycles. The minimum atomic E-state index is -0.189. The number of thioether (sulfide) groups is 1. The van der Waals surface area contributed by atoms with E-state index in [1.807, 2.05) is 36.7 Å². The number of aryl methyl sites for hydroxylation is 2. The molecule has 4 aromatic rings. The molecular weight excluding hydrogens is 412 g/mol. The number of benzene rings is 2. The molecule has 0 aliphatic heterocycles. The molecule has 1 atom stereocenters. The van der Waals surface area contributed by atoms with Gasteiger partial charge in [0, 0.05) is 23.7 Å². The molecule has 0 N–H and O–H groups in total. The molecule has 4 rings (SSSR count). The van der Waals surface area contributed by atoms with Crippen LogP contribution in [0.1, 0.15) is 35.7 Å². The predicted molar refractivity (Wildman–Crippen MR) is 123 cm³/mol. The van der Waals surface area contributed by atoms with Gasteiger partial charge in [-0.15, -0.1) is 21.5 Å². The van der Waals surface area contributed by atoms with Crippen molar-refractivity contribution in [3.63, 3.8) is 0 Å². The fourth-order valence-corrected chi connectivity index (χ4v) is 4.91. The van der Waals surface area contributed by atoms with E-state index in [9.17, 15) is 0 Å². The maximum Gasteiger partial charge on any atom is 0.191 e. The maximum atomic E-state index is 6.06. The molecule has 0 saturated heterocycles. The van der Waals surface area contributed by atoms with Gasteiger partial charge < -0.3 is 9.30 Å². The summed E-state index contributed by atoms with van der Waals surface area (Å²) in [5.41, 5.74) is 4.63. The summed E-state index contributed by atoms with van der Waals surface area (Å²) in [7, 11) is 1.98. The number of ether oxygens (including phenoxy) is 1. The molecule has 154 valence electrons. The summed E-state index contributed by atoms with van der Waals surface area (Å²) in [6.07, 6.45) is -0.189. The van der Waals surface area contributed by atoms with Gasteiger partial charge in [0.2, 0.25) is 0 Å². The smallest absolute Gasteiger partial charge is 0.191 e. The van der Waals surface area contributed by atoms with E-state index < -0.39 is 0 Å². The molecule has 0 radical (unpaired) electrons. The molecule has 0 fully saturated rings. The molecule has 5 nitrogen and oxygen atoms in total. The molecule has 0 bridgehead atoms. The Kier molecular flexibility index (Phi) is 6.20. The van der Waals surface area contributed by atoms with Crippen LogP contribution in [0.3, 0.4) is 0 Å². The van der Waals surface area contributed by atoms with E-state index in [0.29, 0.717) is 0 Å². The minimum absolute atomic E-state index is 0.189. The Labute approximate surface area is 185 Å². The normalized spacial score (nSPS) is 12.1. The quantitative estimate of drug-likeness (QED) is 0.333. The predicted octanol–water partition coefficient (Wildman–Crippen LogP) is 5.99. The van der Waals surface area contributed by atoms with Crippen molar-refractivity contribution in [1.29, 1.82) is 0 Å². The molecular formula is C23H24N4OS2. The van der Waals surface area contributed by atoms with Crippen molar-refractivity contribution in [3.8, 4) is 16.3 Å². The van der Waals surface area contributed by atoms with Crippen LogP contribution in [0, 0.1) is 13.8 Å². The van der Waals surface area contributed by atoms with Gasteiger partial charge in [-0.2, -0.15) is 0 Å². The number of hydrogen-bond donors (Lipinski definition) is 0. The lowest BCUT2D eigenvalue weighted by molar-refractivity contribution is 0.211. The maximum absolute atomic E-state index is 6.06. The van der Waals surface area contributed by atoms with Crippen LogP contribution in [0.4, 0.5) is 0 Å². The molecule has 2 aromatic carbocycles. The largest absolute Gasteiger partial charge is 0.483 e. The number of rotatable bonds is 7. The number of thiazole rings is 1. The van der Waals surface area contributed by atoms with E-state index in [1.54, 1.807) is 23.1 Å². The van der Waals surface area contributed by atoms with Crippen molar-refractivity contribution < 1.29 is 4.74 Å².